The fraction of sp³-hybridized carbons (Fsp3) is 0.500. The number of aromatic nitrogens is 1. The van der Waals surface area contributed by atoms with E-state index in [1.807, 2.05) is 26.0 Å². The second kappa shape index (κ2) is 7.33. The van der Waals surface area contributed by atoms with Gasteiger partial charge in [0.1, 0.15) is 6.04 Å². The minimum Gasteiger partial charge on any atom is -0.408 e. The van der Waals surface area contributed by atoms with Gasteiger partial charge in [-0.3, -0.25) is 14.2 Å². The van der Waals surface area contributed by atoms with Gasteiger partial charge in [-0.05, 0) is 38.0 Å². The van der Waals surface area contributed by atoms with Crippen molar-refractivity contribution in [2.45, 2.75) is 45.3 Å². The molecule has 0 spiro atoms. The maximum absolute atomic E-state index is 12.7. The Morgan fingerprint density at radius 2 is 2.15 bits per heavy atom. The van der Waals surface area contributed by atoms with Gasteiger partial charge in [0, 0.05) is 32.1 Å². The first-order valence-electron chi connectivity index (χ1n) is 8.83. The summed E-state index contributed by atoms with van der Waals surface area (Å²) in [4.78, 5) is 38.4. The van der Waals surface area contributed by atoms with Crippen molar-refractivity contribution in [3.8, 4) is 0 Å². The summed E-state index contributed by atoms with van der Waals surface area (Å²) in [6, 6.07) is 4.70. The highest BCUT2D eigenvalue weighted by molar-refractivity contribution is 5.88. The van der Waals surface area contributed by atoms with Crippen molar-refractivity contribution in [3.63, 3.8) is 0 Å². The SMILES string of the molecule is CCNC(=O)[C@@H]1C[C@H](N)CN1C(=O)CCn1c(=O)oc2ccc(C)cc21. The Hall–Kier alpha value is -2.61. The molecule has 2 amide bonds. The molecule has 3 rings (SSSR count). The van der Waals surface area contributed by atoms with Crippen LogP contribution in [0.2, 0.25) is 0 Å². The number of likely N-dealkylation sites (tertiary alicyclic amines) is 1. The third-order valence-corrected chi connectivity index (χ3v) is 4.68. The monoisotopic (exact) mass is 360 g/mol. The van der Waals surface area contributed by atoms with Gasteiger partial charge in [-0.2, -0.15) is 0 Å². The fourth-order valence-corrected chi connectivity index (χ4v) is 3.42. The second-order valence-electron chi connectivity index (χ2n) is 6.69. The third kappa shape index (κ3) is 3.50. The van der Waals surface area contributed by atoms with E-state index in [-0.39, 0.29) is 30.8 Å². The van der Waals surface area contributed by atoms with Crippen molar-refractivity contribution in [2.24, 2.45) is 5.73 Å². The highest BCUT2D eigenvalue weighted by Crippen LogP contribution is 2.19. The van der Waals surface area contributed by atoms with Crippen molar-refractivity contribution in [2.75, 3.05) is 13.1 Å². The quantitative estimate of drug-likeness (QED) is 0.800. The molecular formula is C18H24N4O4. The molecule has 26 heavy (non-hydrogen) atoms. The predicted octanol–water partition coefficient (Wildman–Crippen LogP) is 0.357. The summed E-state index contributed by atoms with van der Waals surface area (Å²) in [7, 11) is 0. The molecule has 0 saturated carbocycles. The van der Waals surface area contributed by atoms with Gasteiger partial charge in [-0.25, -0.2) is 4.79 Å². The van der Waals surface area contributed by atoms with E-state index in [0.717, 1.165) is 5.56 Å². The first kappa shape index (κ1) is 18.2. The number of rotatable bonds is 5. The molecule has 8 heteroatoms. The van der Waals surface area contributed by atoms with E-state index in [2.05, 4.69) is 5.32 Å². The van der Waals surface area contributed by atoms with E-state index in [1.54, 1.807) is 6.07 Å². The molecule has 0 radical (unpaired) electrons. The van der Waals surface area contributed by atoms with Crippen LogP contribution in [0.15, 0.2) is 27.4 Å². The number of oxazole rings is 1. The largest absolute Gasteiger partial charge is 0.419 e. The molecule has 1 saturated heterocycles. The highest BCUT2D eigenvalue weighted by Gasteiger charge is 2.37. The molecule has 3 N–H and O–H groups in total. The number of hydrogen-bond donors (Lipinski definition) is 2. The Balaban J connectivity index is 1.74. The molecule has 1 fully saturated rings. The standard InChI is InChI=1S/C18H24N4O4/c1-3-20-17(24)14-9-12(19)10-22(14)16(23)6-7-21-13-8-11(2)4-5-15(13)26-18(21)25/h4-5,8,12,14H,3,6-7,9-10,19H2,1-2H3,(H,20,24)/t12-,14-/m0/s1. The Bertz CT molecular complexity index is 885. The molecule has 140 valence electrons. The zero-order valence-electron chi connectivity index (χ0n) is 15.0. The number of nitrogens with one attached hydrogen (secondary N) is 1. The Morgan fingerprint density at radius 3 is 2.88 bits per heavy atom. The Kier molecular flexibility index (Phi) is 5.13. The Labute approximate surface area is 150 Å². The van der Waals surface area contributed by atoms with Crippen LogP contribution in [0.3, 0.4) is 0 Å². The van der Waals surface area contributed by atoms with Gasteiger partial charge in [0.2, 0.25) is 11.8 Å². The topological polar surface area (TPSA) is 111 Å². The first-order valence-corrected chi connectivity index (χ1v) is 8.83. The minimum atomic E-state index is -0.544. The summed E-state index contributed by atoms with van der Waals surface area (Å²) in [5.41, 5.74) is 8.11. The number of amides is 2. The normalized spacial score (nSPS) is 19.9. The summed E-state index contributed by atoms with van der Waals surface area (Å²) in [6.07, 6.45) is 0.552. The maximum Gasteiger partial charge on any atom is 0.419 e. The van der Waals surface area contributed by atoms with Crippen molar-refractivity contribution in [1.29, 1.82) is 0 Å². The van der Waals surface area contributed by atoms with Crippen LogP contribution in [-0.4, -0.2) is 46.5 Å². The number of carbonyl (C=O) groups excluding carboxylic acids is 2. The number of aryl methyl sites for hydroxylation is 2. The summed E-state index contributed by atoms with van der Waals surface area (Å²) in [5, 5.41) is 2.74. The van der Waals surface area contributed by atoms with E-state index in [0.29, 0.717) is 30.6 Å². The molecule has 2 aromatic rings. The summed E-state index contributed by atoms with van der Waals surface area (Å²) < 4.78 is 6.67. The average Bonchev–Trinajstić information content (AvgIpc) is 3.12. The molecule has 1 aliphatic rings. The van der Waals surface area contributed by atoms with Gasteiger partial charge in [0.25, 0.3) is 0 Å². The molecule has 2 heterocycles. The van der Waals surface area contributed by atoms with Gasteiger partial charge in [-0.15, -0.1) is 0 Å². The lowest BCUT2D eigenvalue weighted by Crippen LogP contribution is -2.46. The number of likely N-dealkylation sites (N-methyl/N-ethyl adjacent to an activating group) is 1. The first-order chi connectivity index (χ1) is 12.4. The lowest BCUT2D eigenvalue weighted by atomic mass is 10.1. The number of benzene rings is 1. The van der Waals surface area contributed by atoms with Crippen LogP contribution >= 0.6 is 0 Å². The molecule has 0 bridgehead atoms. The Morgan fingerprint density at radius 1 is 1.38 bits per heavy atom. The van der Waals surface area contributed by atoms with Gasteiger partial charge < -0.3 is 20.4 Å². The smallest absolute Gasteiger partial charge is 0.408 e. The lowest BCUT2D eigenvalue weighted by molar-refractivity contribution is -0.138. The third-order valence-electron chi connectivity index (χ3n) is 4.68. The zero-order valence-corrected chi connectivity index (χ0v) is 15.0. The van der Waals surface area contributed by atoms with Crippen LogP contribution in [0, 0.1) is 6.92 Å². The molecule has 0 aliphatic carbocycles. The van der Waals surface area contributed by atoms with Crippen LogP contribution < -0.4 is 16.8 Å². The molecule has 2 atom stereocenters. The van der Waals surface area contributed by atoms with Crippen LogP contribution in [0.4, 0.5) is 0 Å². The predicted molar refractivity (Wildman–Crippen MR) is 96.6 cm³/mol. The van der Waals surface area contributed by atoms with Crippen molar-refractivity contribution >= 4 is 22.9 Å². The van der Waals surface area contributed by atoms with E-state index in [4.69, 9.17) is 10.2 Å². The number of fused-ring (bicyclic) bond motifs is 1. The fourth-order valence-electron chi connectivity index (χ4n) is 3.42. The lowest BCUT2D eigenvalue weighted by Gasteiger charge is -2.23. The van der Waals surface area contributed by atoms with Crippen LogP contribution in [0.1, 0.15) is 25.3 Å². The number of nitrogens with zero attached hydrogens (tertiary/aromatic N) is 2. The second-order valence-corrected chi connectivity index (χ2v) is 6.69. The van der Waals surface area contributed by atoms with Gasteiger partial charge in [0.15, 0.2) is 5.58 Å². The molecule has 1 aromatic carbocycles. The van der Waals surface area contributed by atoms with Crippen molar-refractivity contribution in [1.82, 2.24) is 14.8 Å². The van der Waals surface area contributed by atoms with Gasteiger partial charge in [0.05, 0.1) is 5.52 Å². The average molecular weight is 360 g/mol. The molecule has 1 aromatic heterocycles. The van der Waals surface area contributed by atoms with E-state index in [1.165, 1.54) is 9.47 Å². The van der Waals surface area contributed by atoms with Crippen LogP contribution in [-0.2, 0) is 16.1 Å². The molecule has 0 unspecified atom stereocenters. The van der Waals surface area contributed by atoms with Crippen molar-refractivity contribution < 1.29 is 14.0 Å². The number of hydrogen-bond acceptors (Lipinski definition) is 5. The summed E-state index contributed by atoms with van der Waals surface area (Å²) >= 11 is 0. The molecule has 8 nitrogen and oxygen atoms in total. The summed E-state index contributed by atoms with van der Waals surface area (Å²) in [5.74, 6) is -0.866. The van der Waals surface area contributed by atoms with Gasteiger partial charge >= 0.3 is 5.76 Å². The van der Waals surface area contributed by atoms with Crippen LogP contribution in [0.5, 0.6) is 0 Å². The van der Waals surface area contributed by atoms with Crippen LogP contribution in [0.25, 0.3) is 11.1 Å². The summed E-state index contributed by atoms with van der Waals surface area (Å²) in [6.45, 7) is 4.80. The number of nitrogens with two attached hydrogens (primary N) is 1. The van der Waals surface area contributed by atoms with E-state index < -0.39 is 11.8 Å². The van der Waals surface area contributed by atoms with E-state index >= 15 is 0 Å². The number of carbonyl (C=O) groups is 2. The molecule has 1 aliphatic heterocycles. The van der Waals surface area contributed by atoms with E-state index in [9.17, 15) is 14.4 Å². The maximum atomic E-state index is 12.7. The molecular weight excluding hydrogens is 336 g/mol. The van der Waals surface area contributed by atoms with Gasteiger partial charge in [-0.1, -0.05) is 6.07 Å². The van der Waals surface area contributed by atoms with Crippen molar-refractivity contribution in [3.05, 3.63) is 34.3 Å². The minimum absolute atomic E-state index is 0.102. The zero-order chi connectivity index (χ0) is 18.8. The highest BCUT2D eigenvalue weighted by atomic mass is 16.4.